The van der Waals surface area contributed by atoms with Crippen LogP contribution < -0.4 is 14.4 Å². The summed E-state index contributed by atoms with van der Waals surface area (Å²) in [4.78, 5) is 38.4. The number of halogens is 3. The summed E-state index contributed by atoms with van der Waals surface area (Å²) in [5.41, 5.74) is -0.664. The van der Waals surface area contributed by atoms with E-state index >= 15 is 0 Å². The third-order valence-corrected chi connectivity index (χ3v) is 6.48. The number of nitrogens with one attached hydrogen (secondary N) is 1. The molecule has 0 aliphatic carbocycles. The highest BCUT2D eigenvalue weighted by molar-refractivity contribution is 7.87. The van der Waals surface area contributed by atoms with E-state index in [1.165, 1.54) is 48.5 Å². The van der Waals surface area contributed by atoms with Crippen LogP contribution in [0.15, 0.2) is 77.2 Å². The lowest BCUT2D eigenvalue weighted by Gasteiger charge is -2.26. The monoisotopic (exact) mass is 534 g/mol. The first-order valence-electron chi connectivity index (χ1n) is 9.72. The van der Waals surface area contributed by atoms with Crippen LogP contribution in [-0.4, -0.2) is 26.3 Å². The predicted molar refractivity (Wildman–Crippen MR) is 126 cm³/mol. The number of barbiturate groups is 1. The summed E-state index contributed by atoms with van der Waals surface area (Å²) >= 11 is 12.3. The van der Waals surface area contributed by atoms with Crippen molar-refractivity contribution >= 4 is 62.9 Å². The molecule has 4 rings (SSSR count). The fourth-order valence-corrected chi connectivity index (χ4v) is 4.74. The minimum absolute atomic E-state index is 0.000412. The van der Waals surface area contributed by atoms with Crippen molar-refractivity contribution in [3.63, 3.8) is 0 Å². The van der Waals surface area contributed by atoms with Gasteiger partial charge in [0, 0.05) is 10.6 Å². The molecule has 1 heterocycles. The Morgan fingerprint density at radius 3 is 2.26 bits per heavy atom. The van der Waals surface area contributed by atoms with Crippen LogP contribution in [0.25, 0.3) is 6.08 Å². The Bertz CT molecular complexity index is 1490. The molecule has 1 saturated heterocycles. The van der Waals surface area contributed by atoms with E-state index in [0.717, 1.165) is 18.2 Å². The average molecular weight is 535 g/mol. The third-order valence-electron chi connectivity index (χ3n) is 4.75. The van der Waals surface area contributed by atoms with E-state index < -0.39 is 45.1 Å². The van der Waals surface area contributed by atoms with Gasteiger partial charge in [-0.15, -0.1) is 0 Å². The lowest BCUT2D eigenvalue weighted by molar-refractivity contribution is -0.122. The summed E-state index contributed by atoms with van der Waals surface area (Å²) in [6.07, 6.45) is 0.994. The molecule has 3 aromatic carbocycles. The Labute approximate surface area is 208 Å². The maximum atomic E-state index is 13.3. The number of anilines is 1. The SMILES string of the molecule is O=C1NC(=O)N(c2ccc(F)cc2)C(=O)/C1=C/c1cc(Cl)cc(Cl)c1OS(=O)(=O)c1ccccc1. The van der Waals surface area contributed by atoms with E-state index in [9.17, 15) is 27.2 Å². The first kappa shape index (κ1) is 24.4. The number of carbonyl (C=O) groups is 3. The molecule has 0 bridgehead atoms. The van der Waals surface area contributed by atoms with E-state index in [-0.39, 0.29) is 26.2 Å². The number of hydrogen-bond acceptors (Lipinski definition) is 6. The molecule has 12 heteroatoms. The van der Waals surface area contributed by atoms with Gasteiger partial charge in [0.15, 0.2) is 5.75 Å². The Balaban J connectivity index is 1.79. The Morgan fingerprint density at radius 1 is 0.943 bits per heavy atom. The fourth-order valence-electron chi connectivity index (χ4n) is 3.16. The van der Waals surface area contributed by atoms with Crippen LogP contribution >= 0.6 is 23.2 Å². The summed E-state index contributed by atoms with van der Waals surface area (Å²) in [6.45, 7) is 0. The zero-order valence-corrected chi connectivity index (χ0v) is 19.7. The van der Waals surface area contributed by atoms with Crippen LogP contribution in [0.2, 0.25) is 10.0 Å². The van der Waals surface area contributed by atoms with Crippen molar-refractivity contribution in [2.45, 2.75) is 4.90 Å². The van der Waals surface area contributed by atoms with Gasteiger partial charge in [-0.1, -0.05) is 41.4 Å². The first-order valence-corrected chi connectivity index (χ1v) is 11.9. The molecule has 0 saturated carbocycles. The van der Waals surface area contributed by atoms with E-state index in [1.807, 2.05) is 5.32 Å². The van der Waals surface area contributed by atoms with E-state index in [0.29, 0.717) is 4.90 Å². The van der Waals surface area contributed by atoms with E-state index in [1.54, 1.807) is 6.07 Å². The molecule has 0 radical (unpaired) electrons. The normalized spacial score (nSPS) is 15.3. The summed E-state index contributed by atoms with van der Waals surface area (Å²) in [7, 11) is -4.35. The van der Waals surface area contributed by atoms with Crippen molar-refractivity contribution in [1.82, 2.24) is 5.32 Å². The molecule has 1 aliphatic heterocycles. The van der Waals surface area contributed by atoms with E-state index in [2.05, 4.69) is 0 Å². The molecular weight excluding hydrogens is 522 g/mol. The van der Waals surface area contributed by atoms with Crippen LogP contribution in [0.1, 0.15) is 5.56 Å². The molecule has 0 spiro atoms. The molecule has 0 atom stereocenters. The molecule has 4 amide bonds. The number of hydrogen-bond donors (Lipinski definition) is 1. The summed E-state index contributed by atoms with van der Waals surface area (Å²) in [6, 6.07) is 13.1. The number of carbonyl (C=O) groups excluding carboxylic acids is 3. The highest BCUT2D eigenvalue weighted by Gasteiger charge is 2.37. The van der Waals surface area contributed by atoms with Gasteiger partial charge in [-0.05, 0) is 54.6 Å². The van der Waals surface area contributed by atoms with Crippen LogP contribution in [0.4, 0.5) is 14.9 Å². The first-order chi connectivity index (χ1) is 16.6. The highest BCUT2D eigenvalue weighted by Crippen LogP contribution is 2.36. The topological polar surface area (TPSA) is 110 Å². The summed E-state index contributed by atoms with van der Waals surface area (Å²) in [5.74, 6) is -3.08. The molecule has 1 aliphatic rings. The van der Waals surface area contributed by atoms with Gasteiger partial charge in [-0.3, -0.25) is 14.9 Å². The maximum absolute atomic E-state index is 13.3. The van der Waals surface area contributed by atoms with Crippen LogP contribution in [0.3, 0.4) is 0 Å². The molecule has 0 aromatic heterocycles. The van der Waals surface area contributed by atoms with Gasteiger partial charge in [0.05, 0.1) is 10.7 Å². The maximum Gasteiger partial charge on any atom is 0.339 e. The zero-order valence-electron chi connectivity index (χ0n) is 17.4. The Kier molecular flexibility index (Phi) is 6.62. The molecule has 1 N–H and O–H groups in total. The molecule has 178 valence electrons. The van der Waals surface area contributed by atoms with Crippen molar-refractivity contribution in [1.29, 1.82) is 0 Å². The van der Waals surface area contributed by atoms with Crippen molar-refractivity contribution < 1.29 is 31.4 Å². The van der Waals surface area contributed by atoms with Gasteiger partial charge in [0.2, 0.25) is 0 Å². The number of imide groups is 2. The number of rotatable bonds is 5. The van der Waals surface area contributed by atoms with Gasteiger partial charge >= 0.3 is 16.1 Å². The minimum atomic E-state index is -4.35. The van der Waals surface area contributed by atoms with Gasteiger partial charge in [-0.2, -0.15) is 8.42 Å². The quantitative estimate of drug-likeness (QED) is 0.291. The largest absolute Gasteiger partial charge is 0.377 e. The van der Waals surface area contributed by atoms with Gasteiger partial charge < -0.3 is 4.18 Å². The Hall–Kier alpha value is -3.73. The van der Waals surface area contributed by atoms with Crippen molar-refractivity contribution in [2.75, 3.05) is 4.90 Å². The van der Waals surface area contributed by atoms with Crippen molar-refractivity contribution in [3.8, 4) is 5.75 Å². The molecular formula is C23H13Cl2FN2O6S. The molecule has 8 nitrogen and oxygen atoms in total. The summed E-state index contributed by atoms with van der Waals surface area (Å²) in [5, 5.41) is 1.85. The smallest absolute Gasteiger partial charge is 0.339 e. The van der Waals surface area contributed by atoms with Gasteiger partial charge in [0.25, 0.3) is 11.8 Å². The minimum Gasteiger partial charge on any atom is -0.377 e. The number of nitrogens with zero attached hydrogens (tertiary/aromatic N) is 1. The standard InChI is InChI=1S/C23H13Cl2FN2O6S/c24-14-10-13(20(19(25)12-14)34-35(32,33)17-4-2-1-3-5-17)11-18-21(29)27-23(31)28(22(18)30)16-8-6-15(26)7-9-16/h1-12H,(H,27,29,31)/b18-11+. The molecule has 0 unspecified atom stereocenters. The highest BCUT2D eigenvalue weighted by atomic mass is 35.5. The van der Waals surface area contributed by atoms with Crippen LogP contribution in [0.5, 0.6) is 5.75 Å². The predicted octanol–water partition coefficient (Wildman–Crippen LogP) is 4.57. The Morgan fingerprint density at radius 2 is 1.60 bits per heavy atom. The molecule has 1 fully saturated rings. The van der Waals surface area contributed by atoms with Crippen LogP contribution in [0, 0.1) is 5.82 Å². The van der Waals surface area contributed by atoms with Crippen LogP contribution in [-0.2, 0) is 19.7 Å². The number of benzene rings is 3. The zero-order chi connectivity index (χ0) is 25.3. The number of amides is 4. The second kappa shape index (κ2) is 9.49. The summed E-state index contributed by atoms with van der Waals surface area (Å²) < 4.78 is 44.0. The number of urea groups is 1. The second-order valence-corrected chi connectivity index (χ2v) is 9.48. The second-order valence-electron chi connectivity index (χ2n) is 7.09. The van der Waals surface area contributed by atoms with E-state index in [4.69, 9.17) is 27.4 Å². The average Bonchev–Trinajstić information content (AvgIpc) is 2.80. The third kappa shape index (κ3) is 5.04. The molecule has 3 aromatic rings. The van der Waals surface area contributed by atoms with Crippen molar-refractivity contribution in [3.05, 3.63) is 93.7 Å². The van der Waals surface area contributed by atoms with Crippen molar-refractivity contribution in [2.24, 2.45) is 0 Å². The lowest BCUT2D eigenvalue weighted by atomic mass is 10.1. The lowest BCUT2D eigenvalue weighted by Crippen LogP contribution is -2.54. The van der Waals surface area contributed by atoms with Gasteiger partial charge in [0.1, 0.15) is 16.3 Å². The molecule has 35 heavy (non-hydrogen) atoms. The fraction of sp³-hybridized carbons (Fsp3) is 0. The van der Waals surface area contributed by atoms with Gasteiger partial charge in [-0.25, -0.2) is 14.1 Å².